The summed E-state index contributed by atoms with van der Waals surface area (Å²) in [5.41, 5.74) is 6.43. The van der Waals surface area contributed by atoms with Crippen LogP contribution < -0.4 is 0 Å². The highest BCUT2D eigenvalue weighted by Gasteiger charge is 2.27. The molecule has 6 aromatic heterocycles. The first-order chi connectivity index (χ1) is 32.4. The Morgan fingerprint density at radius 1 is 0.642 bits per heavy atom. The Morgan fingerprint density at radius 2 is 1.10 bits per heavy atom. The summed E-state index contributed by atoms with van der Waals surface area (Å²) in [7, 11) is 0. The second-order valence-corrected chi connectivity index (χ2v) is 20.8. The van der Waals surface area contributed by atoms with Gasteiger partial charge in [0.2, 0.25) is 0 Å². The van der Waals surface area contributed by atoms with E-state index in [1.54, 1.807) is 46.9 Å². The quantitative estimate of drug-likeness (QED) is 0.138. The molecule has 2 aromatic carbocycles. The summed E-state index contributed by atoms with van der Waals surface area (Å²) >= 11 is 28.8. The summed E-state index contributed by atoms with van der Waals surface area (Å²) in [5.74, 6) is 16.9. The van der Waals surface area contributed by atoms with Crippen LogP contribution in [0.1, 0.15) is 111 Å². The lowest BCUT2D eigenvalue weighted by atomic mass is 10.1. The predicted octanol–water partition coefficient (Wildman–Crippen LogP) is 15.3. The molecule has 16 heteroatoms. The molecule has 8 aromatic rings. The summed E-state index contributed by atoms with van der Waals surface area (Å²) < 4.78 is 14.7. The van der Waals surface area contributed by atoms with Crippen molar-refractivity contribution in [2.45, 2.75) is 98.3 Å². The highest BCUT2D eigenvalue weighted by Crippen LogP contribution is 2.41. The molecule has 0 amide bonds. The average molecular weight is 1010 g/mol. The Labute approximate surface area is 418 Å². The lowest BCUT2D eigenvalue weighted by Gasteiger charge is -2.09. The highest BCUT2D eigenvalue weighted by molar-refractivity contribution is 7.16. The summed E-state index contributed by atoms with van der Waals surface area (Å²) in [6.45, 7) is 10.1. The van der Waals surface area contributed by atoms with Gasteiger partial charge in [0.25, 0.3) is 11.8 Å². The molecule has 0 bridgehead atoms. The van der Waals surface area contributed by atoms with E-state index in [2.05, 4.69) is 68.2 Å². The first-order valence-electron chi connectivity index (χ1n) is 22.4. The molecule has 0 unspecified atom stereocenters. The van der Waals surface area contributed by atoms with Crippen molar-refractivity contribution in [1.82, 2.24) is 39.8 Å². The van der Waals surface area contributed by atoms with Gasteiger partial charge in [-0.3, -0.25) is 0 Å². The van der Waals surface area contributed by atoms with Gasteiger partial charge in [0, 0.05) is 45.3 Å². The zero-order valence-electron chi connectivity index (χ0n) is 37.6. The molecule has 0 radical (unpaired) electrons. The van der Waals surface area contributed by atoms with E-state index in [-0.39, 0.29) is 5.92 Å². The van der Waals surface area contributed by atoms with E-state index in [1.807, 2.05) is 56.1 Å². The maximum atomic E-state index is 6.59. The number of halogens is 4. The van der Waals surface area contributed by atoms with Crippen LogP contribution in [-0.4, -0.2) is 39.8 Å². The second kappa shape index (κ2) is 20.6. The van der Waals surface area contributed by atoms with Crippen LogP contribution in [0, 0.1) is 49.4 Å². The molecule has 0 N–H and O–H groups in total. The fraction of sp³-hybridized carbons (Fsp3) is 0.333. The number of aryl methyl sites for hydroxylation is 1. The first-order valence-corrected chi connectivity index (χ1v) is 25.6. The van der Waals surface area contributed by atoms with Crippen LogP contribution in [-0.2, 0) is 6.42 Å². The van der Waals surface area contributed by atoms with E-state index in [4.69, 9.17) is 65.6 Å². The smallest absolute Gasteiger partial charge is 0.278 e. The van der Waals surface area contributed by atoms with Crippen molar-refractivity contribution in [3.63, 3.8) is 0 Å². The van der Waals surface area contributed by atoms with Gasteiger partial charge in [0.1, 0.15) is 0 Å². The molecule has 0 aliphatic heterocycles. The number of aromatic nitrogens is 8. The van der Waals surface area contributed by atoms with Crippen molar-refractivity contribution in [2.24, 2.45) is 11.8 Å². The van der Waals surface area contributed by atoms with Gasteiger partial charge in [0.15, 0.2) is 23.0 Å². The fourth-order valence-corrected chi connectivity index (χ4v) is 11.1. The predicted molar refractivity (Wildman–Crippen MR) is 271 cm³/mol. The van der Waals surface area contributed by atoms with Gasteiger partial charge in [-0.15, -0.1) is 22.7 Å². The van der Waals surface area contributed by atoms with Crippen LogP contribution in [0.4, 0.5) is 0 Å². The number of hydrogen-bond donors (Lipinski definition) is 0. The van der Waals surface area contributed by atoms with Crippen molar-refractivity contribution < 1.29 is 9.05 Å². The van der Waals surface area contributed by atoms with Crippen LogP contribution in [0.5, 0.6) is 0 Å². The third kappa shape index (κ3) is 10.3. The summed E-state index contributed by atoms with van der Waals surface area (Å²) in [6.07, 6.45) is 10.7. The van der Waals surface area contributed by atoms with Gasteiger partial charge in [-0.2, -0.15) is 20.2 Å². The van der Waals surface area contributed by atoms with Gasteiger partial charge in [-0.05, 0) is 100 Å². The number of hydrogen-bond acceptors (Lipinski definition) is 10. The Kier molecular flexibility index (Phi) is 14.4. The maximum absolute atomic E-state index is 6.59. The van der Waals surface area contributed by atoms with Crippen LogP contribution in [0.15, 0.2) is 69.7 Å². The monoisotopic (exact) mass is 1010 g/mol. The fourth-order valence-electron chi connectivity index (χ4n) is 8.24. The zero-order valence-corrected chi connectivity index (χ0v) is 42.2. The molecule has 67 heavy (non-hydrogen) atoms. The molecule has 2 fully saturated rings. The standard InChI is InChI=1S/C26H24Cl2N4OS.C25H22Cl2N4OS/c1-15(2)25-29-26(33-31-25)23-16(3)24(32(30-23)21-12-9-18(27)14-20(21)28)22-13-11-19(34-22)10-8-17-6-4-5-7-17;1-3-22-28-25(32-30-22)23-15(2)24(31(29-23)20-12-9-17(26)14-19(20)27)21-13-11-18(33-21)10-8-16-6-4-5-7-16/h9,11-15,17H,4-7H2,1-3H3;9,11-14,16H,3-7H2,1-2H3. The largest absolute Gasteiger partial charge is 0.332 e. The lowest BCUT2D eigenvalue weighted by Crippen LogP contribution is -2.00. The molecule has 342 valence electrons. The number of nitrogens with zero attached hydrogens (tertiary/aromatic N) is 8. The normalized spacial score (nSPS) is 14.0. The summed E-state index contributed by atoms with van der Waals surface area (Å²) in [4.78, 5) is 13.2. The number of rotatable bonds is 8. The Balaban J connectivity index is 0.000000168. The molecule has 2 aliphatic rings. The first kappa shape index (κ1) is 46.9. The van der Waals surface area contributed by atoms with Crippen LogP contribution in [0.3, 0.4) is 0 Å². The third-order valence-corrected chi connectivity index (χ3v) is 14.9. The van der Waals surface area contributed by atoms with Crippen LogP contribution in [0.2, 0.25) is 20.1 Å². The molecule has 0 saturated heterocycles. The van der Waals surface area contributed by atoms with Crippen molar-refractivity contribution in [1.29, 1.82) is 0 Å². The minimum Gasteiger partial charge on any atom is -0.332 e. The average Bonchev–Trinajstić information content (AvgIpc) is 4.15. The van der Waals surface area contributed by atoms with Gasteiger partial charge < -0.3 is 9.05 Å². The van der Waals surface area contributed by atoms with E-state index in [0.717, 1.165) is 53.4 Å². The molecule has 0 atom stereocenters. The minimum absolute atomic E-state index is 0.156. The highest BCUT2D eigenvalue weighted by atomic mass is 35.5. The van der Waals surface area contributed by atoms with Crippen molar-refractivity contribution >= 4 is 69.1 Å². The Bertz CT molecular complexity index is 3190. The lowest BCUT2D eigenvalue weighted by molar-refractivity contribution is 0.417. The topological polar surface area (TPSA) is 113 Å². The van der Waals surface area contributed by atoms with Crippen molar-refractivity contribution in [3.05, 3.63) is 113 Å². The van der Waals surface area contributed by atoms with E-state index in [1.165, 1.54) is 51.4 Å². The van der Waals surface area contributed by atoms with Crippen molar-refractivity contribution in [3.8, 4) is 79.4 Å². The summed E-state index contributed by atoms with van der Waals surface area (Å²) in [6, 6.07) is 19.1. The Hall–Kier alpha value is -5.18. The van der Waals surface area contributed by atoms with E-state index >= 15 is 0 Å². The second-order valence-electron chi connectivity index (χ2n) is 17.0. The minimum atomic E-state index is 0.156. The van der Waals surface area contributed by atoms with E-state index in [0.29, 0.717) is 73.2 Å². The number of thiophene rings is 2. The van der Waals surface area contributed by atoms with Crippen LogP contribution >= 0.6 is 69.1 Å². The van der Waals surface area contributed by atoms with Gasteiger partial charge >= 0.3 is 0 Å². The molecule has 2 aliphatic carbocycles. The van der Waals surface area contributed by atoms with Gasteiger partial charge in [-0.25, -0.2) is 9.36 Å². The maximum Gasteiger partial charge on any atom is 0.278 e. The van der Waals surface area contributed by atoms with Gasteiger partial charge in [-0.1, -0.05) is 127 Å². The van der Waals surface area contributed by atoms with E-state index < -0.39 is 0 Å². The zero-order chi connectivity index (χ0) is 46.8. The Morgan fingerprint density at radius 3 is 1.52 bits per heavy atom. The SMILES string of the molecule is CCc1noc(-c2nn(-c3ccc(Cl)cc3Cl)c(-c3ccc(C#CC4CCCC4)s3)c2C)n1.Cc1c(-c2nc(C(C)C)no2)nn(-c2ccc(Cl)cc2Cl)c1-c1ccc(C#CC2CCCC2)s1. The van der Waals surface area contributed by atoms with Crippen molar-refractivity contribution in [2.75, 3.05) is 0 Å². The molecule has 10 rings (SSSR count). The molecule has 10 nitrogen and oxygen atoms in total. The third-order valence-electron chi connectivity index (χ3n) is 11.9. The van der Waals surface area contributed by atoms with Crippen LogP contribution in [0.25, 0.3) is 55.7 Å². The molecular formula is C51H46Cl4N8O2S2. The molecule has 6 heterocycles. The molecule has 2 saturated carbocycles. The van der Waals surface area contributed by atoms with Gasteiger partial charge in [0.05, 0.1) is 52.3 Å². The van der Waals surface area contributed by atoms with E-state index in [9.17, 15) is 0 Å². The summed E-state index contributed by atoms with van der Waals surface area (Å²) in [5, 5.41) is 20.0. The molecule has 0 spiro atoms. The number of benzene rings is 2. The molecular weight excluding hydrogens is 963 g/mol.